The van der Waals surface area contributed by atoms with Crippen molar-refractivity contribution < 1.29 is 8.42 Å². The Morgan fingerprint density at radius 3 is 2.79 bits per heavy atom. The lowest BCUT2D eigenvalue weighted by atomic mass is 10.4. The molecule has 0 unspecified atom stereocenters. The summed E-state index contributed by atoms with van der Waals surface area (Å²) in [6.45, 7) is 0. The fourth-order valence-electron chi connectivity index (χ4n) is 1.69. The van der Waals surface area contributed by atoms with Gasteiger partial charge in [0.05, 0.1) is 5.52 Å². The van der Waals surface area contributed by atoms with E-state index in [1.165, 1.54) is 18.5 Å². The summed E-state index contributed by atoms with van der Waals surface area (Å²) < 4.78 is 28.2. The van der Waals surface area contributed by atoms with E-state index in [9.17, 15) is 8.42 Å². The van der Waals surface area contributed by atoms with Crippen LogP contribution < -0.4 is 4.72 Å². The van der Waals surface area contributed by atoms with Crippen LogP contribution in [0.15, 0.2) is 59.9 Å². The number of hydrogen-bond donors (Lipinski definition) is 1. The first kappa shape index (κ1) is 11.7. The van der Waals surface area contributed by atoms with Crippen molar-refractivity contribution in [3.63, 3.8) is 0 Å². The number of anilines is 1. The molecule has 7 heteroatoms. The molecule has 19 heavy (non-hydrogen) atoms. The highest BCUT2D eigenvalue weighted by Crippen LogP contribution is 2.15. The van der Waals surface area contributed by atoms with Crippen LogP contribution in [0.25, 0.3) is 5.52 Å². The molecule has 0 saturated heterocycles. The van der Waals surface area contributed by atoms with Crippen LogP contribution in [0.2, 0.25) is 0 Å². The van der Waals surface area contributed by atoms with Crippen molar-refractivity contribution in [2.45, 2.75) is 4.90 Å². The van der Waals surface area contributed by atoms with Gasteiger partial charge in [-0.3, -0.25) is 9.71 Å². The molecule has 0 aliphatic heterocycles. The van der Waals surface area contributed by atoms with Crippen molar-refractivity contribution in [3.05, 3.63) is 55.0 Å². The van der Waals surface area contributed by atoms with Crippen LogP contribution in [-0.4, -0.2) is 23.0 Å². The van der Waals surface area contributed by atoms with Gasteiger partial charge < -0.3 is 0 Å². The number of pyridine rings is 2. The van der Waals surface area contributed by atoms with E-state index in [0.29, 0.717) is 0 Å². The van der Waals surface area contributed by atoms with E-state index in [1.54, 1.807) is 22.8 Å². The fraction of sp³-hybridized carbons (Fsp3) is 0. The van der Waals surface area contributed by atoms with Crippen LogP contribution in [0, 0.1) is 0 Å². The van der Waals surface area contributed by atoms with E-state index in [0.717, 1.165) is 5.52 Å². The van der Waals surface area contributed by atoms with Crippen LogP contribution in [-0.2, 0) is 10.0 Å². The monoisotopic (exact) mass is 274 g/mol. The van der Waals surface area contributed by atoms with Gasteiger partial charge in [0, 0.05) is 24.7 Å². The van der Waals surface area contributed by atoms with Crippen LogP contribution in [0.5, 0.6) is 0 Å². The van der Waals surface area contributed by atoms with Gasteiger partial charge in [-0.15, -0.1) is 5.10 Å². The summed E-state index contributed by atoms with van der Waals surface area (Å²) in [5, 5.41) is 4.13. The average Bonchev–Trinajstić information content (AvgIpc) is 2.81. The maximum atomic E-state index is 12.1. The van der Waals surface area contributed by atoms with Gasteiger partial charge in [-0.2, -0.15) is 0 Å². The average molecular weight is 274 g/mol. The number of rotatable bonds is 3. The second-order valence-corrected chi connectivity index (χ2v) is 5.58. The van der Waals surface area contributed by atoms with Crippen molar-refractivity contribution >= 4 is 21.4 Å². The van der Waals surface area contributed by atoms with Crippen LogP contribution in [0.1, 0.15) is 0 Å². The molecule has 96 valence electrons. The molecular formula is C12H10N4O2S. The smallest absolute Gasteiger partial charge is 0.263 e. The van der Waals surface area contributed by atoms with Gasteiger partial charge in [-0.05, 0) is 24.3 Å². The summed E-state index contributed by atoms with van der Waals surface area (Å²) in [4.78, 5) is 3.89. The fourth-order valence-corrected chi connectivity index (χ4v) is 2.64. The number of nitrogens with one attached hydrogen (secondary N) is 1. The van der Waals surface area contributed by atoms with E-state index in [-0.39, 0.29) is 10.7 Å². The molecule has 0 spiro atoms. The Bertz CT molecular complexity index is 779. The Hall–Kier alpha value is -2.41. The Morgan fingerprint density at radius 1 is 1.16 bits per heavy atom. The maximum Gasteiger partial charge on any atom is 0.264 e. The number of hydrogen-bond acceptors (Lipinski definition) is 4. The summed E-state index contributed by atoms with van der Waals surface area (Å²) in [6.07, 6.45) is 4.55. The molecule has 0 aromatic carbocycles. The lowest BCUT2D eigenvalue weighted by Crippen LogP contribution is -2.13. The summed E-state index contributed by atoms with van der Waals surface area (Å²) in [6, 6.07) is 10.2. The minimum absolute atomic E-state index is 0.104. The summed E-state index contributed by atoms with van der Waals surface area (Å²) in [5.41, 5.74) is 0.811. The lowest BCUT2D eigenvalue weighted by molar-refractivity contribution is 0.600. The Labute approximate surface area is 109 Å². The summed E-state index contributed by atoms with van der Waals surface area (Å²) in [7, 11) is -3.65. The van der Waals surface area contributed by atoms with E-state index in [4.69, 9.17) is 0 Å². The van der Waals surface area contributed by atoms with Gasteiger partial charge in [0.1, 0.15) is 4.90 Å². The van der Waals surface area contributed by atoms with E-state index >= 15 is 0 Å². The lowest BCUT2D eigenvalue weighted by Gasteiger charge is -2.03. The molecule has 0 saturated carbocycles. The van der Waals surface area contributed by atoms with Gasteiger partial charge in [-0.25, -0.2) is 12.9 Å². The molecule has 3 heterocycles. The Kier molecular flexibility index (Phi) is 2.68. The number of sulfonamides is 1. The molecule has 0 atom stereocenters. The van der Waals surface area contributed by atoms with Gasteiger partial charge in [0.2, 0.25) is 0 Å². The summed E-state index contributed by atoms with van der Waals surface area (Å²) >= 11 is 0. The quantitative estimate of drug-likeness (QED) is 0.785. The first-order chi connectivity index (χ1) is 9.15. The van der Waals surface area contributed by atoms with Gasteiger partial charge in [0.15, 0.2) is 5.82 Å². The number of fused-ring (bicyclic) bond motifs is 1. The SMILES string of the molecule is O=S(=O)(Nc1cc2ccccn2n1)c1cccnc1. The predicted molar refractivity (Wildman–Crippen MR) is 70.2 cm³/mol. The first-order valence-corrected chi connectivity index (χ1v) is 7.01. The minimum Gasteiger partial charge on any atom is -0.263 e. The van der Waals surface area contributed by atoms with Crippen molar-refractivity contribution in [2.75, 3.05) is 4.72 Å². The zero-order valence-corrected chi connectivity index (χ0v) is 10.6. The third-order valence-electron chi connectivity index (χ3n) is 2.55. The third-order valence-corrected chi connectivity index (χ3v) is 3.89. The molecule has 3 aromatic rings. The molecule has 3 aromatic heterocycles. The molecule has 0 fully saturated rings. The van der Waals surface area contributed by atoms with E-state index in [2.05, 4.69) is 14.8 Å². The standard InChI is InChI=1S/C12H10N4O2S/c17-19(18,11-5-3-6-13-9-11)15-12-8-10-4-1-2-7-16(10)14-12/h1-9H,(H,14,15). The highest BCUT2D eigenvalue weighted by Gasteiger charge is 2.15. The zero-order valence-electron chi connectivity index (χ0n) is 9.76. The topological polar surface area (TPSA) is 76.4 Å². The normalized spacial score (nSPS) is 11.6. The second-order valence-electron chi connectivity index (χ2n) is 3.89. The Morgan fingerprint density at radius 2 is 2.05 bits per heavy atom. The number of nitrogens with zero attached hydrogens (tertiary/aromatic N) is 3. The molecule has 3 rings (SSSR count). The highest BCUT2D eigenvalue weighted by atomic mass is 32.2. The Balaban J connectivity index is 1.97. The predicted octanol–water partition coefficient (Wildman–Crippen LogP) is 1.53. The minimum atomic E-state index is -3.65. The van der Waals surface area contributed by atoms with Crippen LogP contribution in [0.4, 0.5) is 5.82 Å². The molecule has 6 nitrogen and oxygen atoms in total. The van der Waals surface area contributed by atoms with E-state index in [1.807, 2.05) is 18.2 Å². The zero-order chi connectivity index (χ0) is 13.3. The second kappa shape index (κ2) is 4.36. The van der Waals surface area contributed by atoms with Crippen molar-refractivity contribution in [1.29, 1.82) is 0 Å². The van der Waals surface area contributed by atoms with Crippen LogP contribution >= 0.6 is 0 Å². The molecule has 0 aliphatic rings. The van der Waals surface area contributed by atoms with E-state index < -0.39 is 10.0 Å². The number of aromatic nitrogens is 3. The molecular weight excluding hydrogens is 264 g/mol. The van der Waals surface area contributed by atoms with Gasteiger partial charge in [-0.1, -0.05) is 6.07 Å². The van der Waals surface area contributed by atoms with Crippen LogP contribution in [0.3, 0.4) is 0 Å². The highest BCUT2D eigenvalue weighted by molar-refractivity contribution is 7.92. The molecule has 0 aliphatic carbocycles. The third kappa shape index (κ3) is 2.27. The van der Waals surface area contributed by atoms with Crippen molar-refractivity contribution in [3.8, 4) is 0 Å². The van der Waals surface area contributed by atoms with Gasteiger partial charge in [0.25, 0.3) is 10.0 Å². The van der Waals surface area contributed by atoms with Gasteiger partial charge >= 0.3 is 0 Å². The molecule has 0 bridgehead atoms. The molecule has 0 radical (unpaired) electrons. The van der Waals surface area contributed by atoms with Crippen molar-refractivity contribution in [1.82, 2.24) is 14.6 Å². The first-order valence-electron chi connectivity index (χ1n) is 5.52. The summed E-state index contributed by atoms with van der Waals surface area (Å²) in [5.74, 6) is 0.273. The molecule has 0 amide bonds. The largest absolute Gasteiger partial charge is 0.264 e. The molecule has 1 N–H and O–H groups in total. The van der Waals surface area contributed by atoms with Crippen molar-refractivity contribution in [2.24, 2.45) is 0 Å². The maximum absolute atomic E-state index is 12.1.